The molecule has 9 atom stereocenters. The summed E-state index contributed by atoms with van der Waals surface area (Å²) in [6.07, 6.45) is -11.8. The predicted molar refractivity (Wildman–Crippen MR) is 134 cm³/mol. The van der Waals surface area contributed by atoms with Crippen molar-refractivity contribution in [1.82, 2.24) is 0 Å². The summed E-state index contributed by atoms with van der Waals surface area (Å²) in [6.45, 7) is -1.41. The number of phenolic OH excluding ortho intramolecular Hbond substituents is 4. The largest absolute Gasteiger partial charge is 0.504 e. The third-order valence-corrected chi connectivity index (χ3v) is 6.66. The van der Waals surface area contributed by atoms with Crippen LogP contribution < -0.4 is 4.74 Å². The Bertz CT molecular complexity index is 1260. The fraction of sp³-hybridized carbons (Fsp3) is 0.423. The normalized spacial score (nSPS) is 31.9. The highest BCUT2D eigenvalue weighted by Crippen LogP contribution is 2.40. The Morgan fingerprint density at radius 1 is 0.780 bits per heavy atom. The lowest BCUT2D eigenvalue weighted by Gasteiger charge is -2.42. The van der Waals surface area contributed by atoms with Crippen LogP contribution in [0.2, 0.25) is 0 Å². The van der Waals surface area contributed by atoms with Gasteiger partial charge in [0.1, 0.15) is 42.7 Å². The van der Waals surface area contributed by atoms with E-state index in [9.17, 15) is 55.9 Å². The van der Waals surface area contributed by atoms with Crippen molar-refractivity contribution in [2.75, 3.05) is 13.2 Å². The monoisotopic (exact) mass is 582 g/mol. The number of benzene rings is 2. The van der Waals surface area contributed by atoms with Crippen LogP contribution in [0.1, 0.15) is 15.9 Å². The molecule has 224 valence electrons. The molecule has 41 heavy (non-hydrogen) atoms. The lowest BCUT2D eigenvalue weighted by atomic mass is 9.98. The van der Waals surface area contributed by atoms with Crippen LogP contribution in [0.5, 0.6) is 28.7 Å². The number of carbonyl (C=O) groups excluding carboxylic acids is 1. The summed E-state index contributed by atoms with van der Waals surface area (Å²) in [4.78, 5) is 12.6. The number of hydrogen-bond acceptors (Lipinski definition) is 15. The average Bonchev–Trinajstić information content (AvgIpc) is 3.23. The first-order valence-electron chi connectivity index (χ1n) is 12.3. The lowest BCUT2D eigenvalue weighted by Crippen LogP contribution is -2.62. The molecule has 0 radical (unpaired) electrons. The van der Waals surface area contributed by atoms with Crippen LogP contribution in [-0.4, -0.2) is 125 Å². The second-order valence-corrected chi connectivity index (χ2v) is 9.39. The van der Waals surface area contributed by atoms with E-state index < -0.39 is 97.3 Å². The Hall–Kier alpha value is -3.51. The van der Waals surface area contributed by atoms with E-state index in [0.29, 0.717) is 5.56 Å². The van der Waals surface area contributed by atoms with E-state index in [1.165, 1.54) is 24.3 Å². The Morgan fingerprint density at radius 2 is 1.44 bits per heavy atom. The molecule has 2 saturated heterocycles. The van der Waals surface area contributed by atoms with E-state index in [0.717, 1.165) is 18.2 Å². The molecular formula is C26H30O15. The third kappa shape index (κ3) is 6.23. The molecule has 9 unspecified atom stereocenters. The zero-order valence-corrected chi connectivity index (χ0v) is 21.2. The Kier molecular flexibility index (Phi) is 9.33. The summed E-state index contributed by atoms with van der Waals surface area (Å²) in [5, 5.41) is 100. The lowest BCUT2D eigenvalue weighted by molar-refractivity contribution is -0.315. The summed E-state index contributed by atoms with van der Waals surface area (Å²) in [5.41, 5.74) is 0.0258. The molecule has 0 aliphatic carbocycles. The van der Waals surface area contributed by atoms with Crippen LogP contribution in [0.15, 0.2) is 36.4 Å². The molecule has 2 heterocycles. The topological polar surface area (TPSA) is 256 Å². The molecule has 4 rings (SSSR count). The smallest absolute Gasteiger partial charge is 0.229 e. The van der Waals surface area contributed by atoms with Crippen molar-refractivity contribution in [3.63, 3.8) is 0 Å². The number of aliphatic hydroxyl groups excluding tert-OH is 6. The number of rotatable bonds is 9. The molecule has 2 fully saturated rings. The molecule has 10 N–H and O–H groups in total. The molecule has 2 aromatic carbocycles. The second kappa shape index (κ2) is 12.6. The Balaban J connectivity index is 1.45. The molecule has 2 aromatic rings. The standard InChI is InChI=1S/C26H30O15/c27-8-16-20(34)22(36)26(39-16)41-24-17(9-28)40-25(23(37)21(24)35)38-15-6-3-11(18(32)19(15)33)12(29)4-1-10-2-5-13(30)14(31)7-10/h1-7,16-17,20-28,30-37H,8-9H2. The highest BCUT2D eigenvalue weighted by Gasteiger charge is 2.51. The van der Waals surface area contributed by atoms with E-state index in [4.69, 9.17) is 18.9 Å². The number of hydrogen-bond donors (Lipinski definition) is 10. The van der Waals surface area contributed by atoms with Gasteiger partial charge in [-0.05, 0) is 35.9 Å². The molecule has 0 bridgehead atoms. The molecule has 0 aromatic heterocycles. The van der Waals surface area contributed by atoms with Gasteiger partial charge in [0.15, 0.2) is 35.1 Å². The van der Waals surface area contributed by atoms with Crippen LogP contribution in [0.25, 0.3) is 6.08 Å². The number of aliphatic hydroxyl groups is 6. The minimum absolute atomic E-state index is 0.334. The fourth-order valence-corrected chi connectivity index (χ4v) is 4.34. The Labute approximate surface area is 231 Å². The number of ketones is 1. The van der Waals surface area contributed by atoms with E-state index in [1.807, 2.05) is 0 Å². The van der Waals surface area contributed by atoms with Gasteiger partial charge in [-0.15, -0.1) is 0 Å². The molecule has 0 spiro atoms. The van der Waals surface area contributed by atoms with Gasteiger partial charge in [0.05, 0.1) is 18.8 Å². The first-order chi connectivity index (χ1) is 19.5. The minimum atomic E-state index is -1.87. The summed E-state index contributed by atoms with van der Waals surface area (Å²) < 4.78 is 21.5. The van der Waals surface area contributed by atoms with Crippen LogP contribution in [0, 0.1) is 0 Å². The molecule has 0 saturated carbocycles. The van der Waals surface area contributed by atoms with Crippen molar-refractivity contribution < 1.29 is 74.8 Å². The van der Waals surface area contributed by atoms with Gasteiger partial charge in [-0.2, -0.15) is 0 Å². The van der Waals surface area contributed by atoms with Gasteiger partial charge in [-0.25, -0.2) is 0 Å². The summed E-state index contributed by atoms with van der Waals surface area (Å²) in [6, 6.07) is 6.02. The van der Waals surface area contributed by atoms with Crippen LogP contribution in [0.4, 0.5) is 0 Å². The van der Waals surface area contributed by atoms with Crippen molar-refractivity contribution in [2.45, 2.75) is 55.3 Å². The number of ether oxygens (including phenoxy) is 4. The minimum Gasteiger partial charge on any atom is -0.504 e. The van der Waals surface area contributed by atoms with E-state index >= 15 is 0 Å². The molecule has 15 nitrogen and oxygen atoms in total. The second-order valence-electron chi connectivity index (χ2n) is 9.39. The maximum atomic E-state index is 12.6. The van der Waals surface area contributed by atoms with Crippen LogP contribution in [-0.2, 0) is 14.2 Å². The summed E-state index contributed by atoms with van der Waals surface area (Å²) in [5.74, 6) is -3.73. The maximum Gasteiger partial charge on any atom is 0.229 e. The van der Waals surface area contributed by atoms with Gasteiger partial charge in [-0.1, -0.05) is 12.1 Å². The number of carbonyl (C=O) groups is 1. The number of phenols is 4. The highest BCUT2D eigenvalue weighted by atomic mass is 16.7. The van der Waals surface area contributed by atoms with Gasteiger partial charge in [0, 0.05) is 0 Å². The molecule has 2 aliphatic heterocycles. The van der Waals surface area contributed by atoms with Crippen molar-refractivity contribution in [1.29, 1.82) is 0 Å². The average molecular weight is 583 g/mol. The van der Waals surface area contributed by atoms with Crippen LogP contribution in [0.3, 0.4) is 0 Å². The highest BCUT2D eigenvalue weighted by molar-refractivity contribution is 6.09. The maximum absolute atomic E-state index is 12.6. The third-order valence-electron chi connectivity index (χ3n) is 6.66. The van der Waals surface area contributed by atoms with E-state index in [1.54, 1.807) is 0 Å². The van der Waals surface area contributed by atoms with Gasteiger partial charge in [0.25, 0.3) is 0 Å². The van der Waals surface area contributed by atoms with Crippen LogP contribution >= 0.6 is 0 Å². The molecule has 2 aliphatic rings. The number of aromatic hydroxyl groups is 4. The van der Waals surface area contributed by atoms with Gasteiger partial charge in [0.2, 0.25) is 12.0 Å². The number of allylic oxidation sites excluding steroid dienone is 1. The summed E-state index contributed by atoms with van der Waals surface area (Å²) >= 11 is 0. The fourth-order valence-electron chi connectivity index (χ4n) is 4.34. The predicted octanol–water partition coefficient (Wildman–Crippen LogP) is -1.95. The summed E-state index contributed by atoms with van der Waals surface area (Å²) in [7, 11) is 0. The van der Waals surface area contributed by atoms with Crippen molar-refractivity contribution >= 4 is 11.9 Å². The SMILES string of the molecule is O=C(C=Cc1ccc(O)c(O)c1)c1ccc(OC2OC(CO)C(OC3OC(CO)C(O)C3O)C(O)C2O)c(O)c1O. The first kappa shape index (κ1) is 30.4. The molecule has 15 heteroatoms. The Morgan fingerprint density at radius 3 is 2.07 bits per heavy atom. The van der Waals surface area contributed by atoms with E-state index in [2.05, 4.69) is 0 Å². The quantitative estimate of drug-likeness (QED) is 0.0875. The van der Waals surface area contributed by atoms with Gasteiger partial charge >= 0.3 is 0 Å². The van der Waals surface area contributed by atoms with Crippen molar-refractivity contribution in [3.05, 3.63) is 47.5 Å². The van der Waals surface area contributed by atoms with E-state index in [-0.39, 0.29) is 11.3 Å². The molecular weight excluding hydrogens is 552 g/mol. The first-order valence-corrected chi connectivity index (χ1v) is 12.3. The van der Waals surface area contributed by atoms with Gasteiger partial charge < -0.3 is 70.0 Å². The zero-order valence-electron chi connectivity index (χ0n) is 21.2. The zero-order chi connectivity index (χ0) is 30.0. The van der Waals surface area contributed by atoms with Crippen molar-refractivity contribution in [3.8, 4) is 28.7 Å². The molecule has 0 amide bonds. The van der Waals surface area contributed by atoms with Crippen molar-refractivity contribution in [2.24, 2.45) is 0 Å². The van der Waals surface area contributed by atoms with Gasteiger partial charge in [-0.3, -0.25) is 4.79 Å².